The zero-order valence-corrected chi connectivity index (χ0v) is 21.5. The average molecular weight is 478 g/mol. The Morgan fingerprint density at radius 2 is 1.54 bits per heavy atom. The lowest BCUT2D eigenvalue weighted by molar-refractivity contribution is -0.139. The SMILES string of the molecule is CCCCCOc1ccc(/C(O)=C2/C(=O)C(=O)N(CCCCC)C2c2ccc(C(C)C)cc2)cc1. The van der Waals surface area contributed by atoms with E-state index in [1.54, 1.807) is 29.2 Å². The summed E-state index contributed by atoms with van der Waals surface area (Å²) in [7, 11) is 0. The van der Waals surface area contributed by atoms with Crippen molar-refractivity contribution in [2.24, 2.45) is 0 Å². The highest BCUT2D eigenvalue weighted by molar-refractivity contribution is 6.46. The Bertz CT molecular complexity index is 1020. The van der Waals surface area contributed by atoms with Gasteiger partial charge in [-0.2, -0.15) is 0 Å². The van der Waals surface area contributed by atoms with Crippen LogP contribution in [0.4, 0.5) is 0 Å². The first-order valence-corrected chi connectivity index (χ1v) is 13.0. The molecule has 1 heterocycles. The first-order valence-electron chi connectivity index (χ1n) is 13.0. The molecule has 2 aromatic carbocycles. The van der Waals surface area contributed by atoms with E-state index >= 15 is 0 Å². The van der Waals surface area contributed by atoms with E-state index in [0.29, 0.717) is 24.6 Å². The van der Waals surface area contributed by atoms with Crippen LogP contribution in [0.1, 0.15) is 94.9 Å². The zero-order valence-electron chi connectivity index (χ0n) is 21.5. The number of benzene rings is 2. The molecule has 1 fully saturated rings. The fourth-order valence-electron chi connectivity index (χ4n) is 4.46. The number of aliphatic hydroxyl groups is 1. The van der Waals surface area contributed by atoms with Gasteiger partial charge in [0, 0.05) is 12.1 Å². The minimum atomic E-state index is -0.628. The first kappa shape index (κ1) is 26.5. The van der Waals surface area contributed by atoms with Crippen LogP contribution >= 0.6 is 0 Å². The molecule has 0 radical (unpaired) electrons. The van der Waals surface area contributed by atoms with E-state index in [9.17, 15) is 14.7 Å². The van der Waals surface area contributed by atoms with Gasteiger partial charge in [-0.15, -0.1) is 0 Å². The highest BCUT2D eigenvalue weighted by Gasteiger charge is 2.45. The van der Waals surface area contributed by atoms with Crippen molar-refractivity contribution in [2.45, 2.75) is 78.2 Å². The van der Waals surface area contributed by atoms with Gasteiger partial charge in [0.2, 0.25) is 0 Å². The zero-order chi connectivity index (χ0) is 25.4. The minimum absolute atomic E-state index is 0.142. The molecular weight excluding hydrogens is 438 g/mol. The quantitative estimate of drug-likeness (QED) is 0.155. The second kappa shape index (κ2) is 12.6. The molecule has 188 valence electrons. The third-order valence-corrected chi connectivity index (χ3v) is 6.61. The highest BCUT2D eigenvalue weighted by atomic mass is 16.5. The number of carbonyl (C=O) groups excluding carboxylic acids is 2. The van der Waals surface area contributed by atoms with E-state index in [2.05, 4.69) is 27.7 Å². The second-order valence-electron chi connectivity index (χ2n) is 9.60. The molecule has 2 aromatic rings. The van der Waals surface area contributed by atoms with E-state index in [0.717, 1.165) is 49.8 Å². The van der Waals surface area contributed by atoms with Gasteiger partial charge in [0.15, 0.2) is 0 Å². The minimum Gasteiger partial charge on any atom is -0.507 e. The number of likely N-dealkylation sites (tertiary alicyclic amines) is 1. The number of unbranched alkanes of at least 4 members (excludes halogenated alkanes) is 4. The fraction of sp³-hybridized carbons (Fsp3) is 0.467. The average Bonchev–Trinajstić information content (AvgIpc) is 3.12. The molecule has 1 unspecified atom stereocenters. The normalized spacial score (nSPS) is 17.4. The van der Waals surface area contributed by atoms with Crippen LogP contribution in [0.25, 0.3) is 5.76 Å². The van der Waals surface area contributed by atoms with Gasteiger partial charge in [-0.05, 0) is 54.2 Å². The van der Waals surface area contributed by atoms with Gasteiger partial charge in [0.1, 0.15) is 11.5 Å². The van der Waals surface area contributed by atoms with Gasteiger partial charge in [-0.3, -0.25) is 9.59 Å². The van der Waals surface area contributed by atoms with E-state index < -0.39 is 17.7 Å². The van der Waals surface area contributed by atoms with Crippen LogP contribution in [0.15, 0.2) is 54.1 Å². The molecular formula is C30H39NO4. The lowest BCUT2D eigenvalue weighted by Gasteiger charge is -2.25. The summed E-state index contributed by atoms with van der Waals surface area (Å²) in [6.07, 6.45) is 6.05. The molecule has 0 saturated carbocycles. The monoisotopic (exact) mass is 477 g/mol. The Morgan fingerprint density at radius 3 is 2.14 bits per heavy atom. The summed E-state index contributed by atoms with van der Waals surface area (Å²) in [5.41, 5.74) is 2.68. The molecule has 3 rings (SSSR count). The van der Waals surface area contributed by atoms with Crippen molar-refractivity contribution < 1.29 is 19.4 Å². The number of Topliss-reactive ketones (excluding diaryl/α,β-unsaturated/α-hetero) is 1. The van der Waals surface area contributed by atoms with Gasteiger partial charge in [0.25, 0.3) is 11.7 Å². The second-order valence-corrected chi connectivity index (χ2v) is 9.60. The molecule has 0 aliphatic carbocycles. The number of carbonyl (C=O) groups is 2. The summed E-state index contributed by atoms with van der Waals surface area (Å²) >= 11 is 0. The number of hydrogen-bond acceptors (Lipinski definition) is 4. The van der Waals surface area contributed by atoms with Crippen LogP contribution in [0.5, 0.6) is 5.75 Å². The van der Waals surface area contributed by atoms with Crippen LogP contribution < -0.4 is 4.74 Å². The van der Waals surface area contributed by atoms with E-state index in [1.165, 1.54) is 5.56 Å². The summed E-state index contributed by atoms with van der Waals surface area (Å²) in [4.78, 5) is 27.8. The number of ketones is 1. The standard InChI is InChI=1S/C30H39NO4/c1-5-7-9-19-31-27(23-13-11-22(12-14-23)21(3)4)26(29(33)30(31)34)28(32)24-15-17-25(18-16-24)35-20-10-8-6-2/h11-18,21,27,32H,5-10,19-20H2,1-4H3/b28-26-. The molecule has 1 amide bonds. The molecule has 0 spiro atoms. The van der Waals surface area contributed by atoms with Crippen LogP contribution in [-0.4, -0.2) is 34.8 Å². The Labute approximate surface area is 209 Å². The van der Waals surface area contributed by atoms with Crippen molar-refractivity contribution in [3.63, 3.8) is 0 Å². The van der Waals surface area contributed by atoms with E-state index in [4.69, 9.17) is 4.74 Å². The van der Waals surface area contributed by atoms with Crippen LogP contribution in [0.2, 0.25) is 0 Å². The number of amides is 1. The number of ether oxygens (including phenoxy) is 1. The summed E-state index contributed by atoms with van der Waals surface area (Å²) in [6.45, 7) is 9.64. The van der Waals surface area contributed by atoms with Crippen LogP contribution in [0.3, 0.4) is 0 Å². The van der Waals surface area contributed by atoms with E-state index in [-0.39, 0.29) is 11.3 Å². The largest absolute Gasteiger partial charge is 0.507 e. The van der Waals surface area contributed by atoms with E-state index in [1.807, 2.05) is 24.3 Å². The molecule has 1 aliphatic rings. The van der Waals surface area contributed by atoms with Gasteiger partial charge in [-0.1, -0.05) is 77.6 Å². The Hall–Kier alpha value is -3.08. The van der Waals surface area contributed by atoms with Crippen molar-refractivity contribution in [3.05, 3.63) is 70.8 Å². The van der Waals surface area contributed by atoms with Gasteiger partial charge in [0.05, 0.1) is 18.2 Å². The molecule has 0 bridgehead atoms. The van der Waals surface area contributed by atoms with Crippen molar-refractivity contribution >= 4 is 17.4 Å². The van der Waals surface area contributed by atoms with Crippen molar-refractivity contribution in [1.82, 2.24) is 4.90 Å². The molecule has 35 heavy (non-hydrogen) atoms. The number of nitrogens with zero attached hydrogens (tertiary/aromatic N) is 1. The number of rotatable bonds is 12. The summed E-state index contributed by atoms with van der Waals surface area (Å²) in [6, 6.07) is 14.5. The maximum absolute atomic E-state index is 13.2. The lowest BCUT2D eigenvalue weighted by atomic mass is 9.93. The maximum Gasteiger partial charge on any atom is 0.295 e. The fourth-order valence-corrected chi connectivity index (χ4v) is 4.46. The smallest absolute Gasteiger partial charge is 0.295 e. The third kappa shape index (κ3) is 6.33. The van der Waals surface area contributed by atoms with Gasteiger partial charge in [-0.25, -0.2) is 0 Å². The van der Waals surface area contributed by atoms with Crippen molar-refractivity contribution in [2.75, 3.05) is 13.2 Å². The molecule has 1 N–H and O–H groups in total. The highest BCUT2D eigenvalue weighted by Crippen LogP contribution is 2.40. The third-order valence-electron chi connectivity index (χ3n) is 6.61. The van der Waals surface area contributed by atoms with Gasteiger partial charge >= 0.3 is 0 Å². The summed E-state index contributed by atoms with van der Waals surface area (Å²) < 4.78 is 5.77. The maximum atomic E-state index is 13.2. The molecule has 1 aliphatic heterocycles. The summed E-state index contributed by atoms with van der Waals surface area (Å²) in [5, 5.41) is 11.2. The predicted octanol–water partition coefficient (Wildman–Crippen LogP) is 6.99. The van der Waals surface area contributed by atoms with Crippen molar-refractivity contribution in [3.8, 4) is 5.75 Å². The van der Waals surface area contributed by atoms with Gasteiger partial charge < -0.3 is 14.7 Å². The number of hydrogen-bond donors (Lipinski definition) is 1. The first-order chi connectivity index (χ1) is 16.9. The molecule has 5 nitrogen and oxygen atoms in total. The lowest BCUT2D eigenvalue weighted by Crippen LogP contribution is -2.30. The summed E-state index contributed by atoms with van der Waals surface area (Å²) in [5.74, 6) is -0.216. The Morgan fingerprint density at radius 1 is 0.914 bits per heavy atom. The Kier molecular flexibility index (Phi) is 9.53. The van der Waals surface area contributed by atoms with Crippen LogP contribution in [-0.2, 0) is 9.59 Å². The molecule has 1 atom stereocenters. The molecule has 0 aromatic heterocycles. The number of aliphatic hydroxyl groups excluding tert-OH is 1. The van der Waals surface area contributed by atoms with Crippen molar-refractivity contribution in [1.29, 1.82) is 0 Å². The molecule has 5 heteroatoms. The molecule has 1 saturated heterocycles. The van der Waals surface area contributed by atoms with Crippen LogP contribution in [0, 0.1) is 0 Å². The predicted molar refractivity (Wildman–Crippen MR) is 141 cm³/mol. The Balaban J connectivity index is 1.95. The topological polar surface area (TPSA) is 66.8 Å².